The van der Waals surface area contributed by atoms with Gasteiger partial charge in [-0.25, -0.2) is 4.98 Å². The quantitative estimate of drug-likeness (QED) is 0.304. The van der Waals surface area contributed by atoms with Crippen LogP contribution in [-0.2, 0) is 4.79 Å². The predicted octanol–water partition coefficient (Wildman–Crippen LogP) is 4.97. The molecule has 1 aliphatic heterocycles. The lowest BCUT2D eigenvalue weighted by Crippen LogP contribution is -2.27. The number of nitrogens with zero attached hydrogens (tertiary/aromatic N) is 3. The summed E-state index contributed by atoms with van der Waals surface area (Å²) in [6, 6.07) is 19.6. The number of rotatable bonds is 7. The van der Waals surface area contributed by atoms with Crippen LogP contribution < -0.4 is 20.1 Å². The number of aryl methyl sites for hydroxylation is 1. The number of amides is 2. The van der Waals surface area contributed by atoms with E-state index in [1.54, 1.807) is 49.4 Å². The number of carbonyl (C=O) groups excluding carboxylic acids is 2. The van der Waals surface area contributed by atoms with Crippen LogP contribution in [0.5, 0.6) is 17.2 Å². The summed E-state index contributed by atoms with van der Waals surface area (Å²) in [5, 5.41) is 13.9. The van der Waals surface area contributed by atoms with Crippen LogP contribution in [0.1, 0.15) is 22.7 Å². The number of ether oxygens (including phenoxy) is 2. The predicted molar refractivity (Wildman–Crippen MR) is 141 cm³/mol. The van der Waals surface area contributed by atoms with Gasteiger partial charge in [-0.1, -0.05) is 23.5 Å². The molecule has 3 aromatic carbocycles. The maximum atomic E-state index is 13.2. The van der Waals surface area contributed by atoms with E-state index in [-0.39, 0.29) is 11.8 Å². The molecule has 2 amide bonds. The lowest BCUT2D eigenvalue weighted by Gasteiger charge is -2.14. The molecule has 2 N–H and O–H groups in total. The average Bonchev–Trinajstić information content (AvgIpc) is 3.64. The Kier molecular flexibility index (Phi) is 6.18. The Morgan fingerprint density at radius 2 is 1.87 bits per heavy atom. The number of thiazole rings is 1. The molecule has 190 valence electrons. The fourth-order valence-corrected chi connectivity index (χ4v) is 4.85. The number of hydrogen-bond acceptors (Lipinski definition) is 9. The Balaban J connectivity index is 1.26. The smallest absolute Gasteiger partial charge is 0.261 e. The number of nitrogens with one attached hydrogen (secondary N) is 2. The number of para-hydroxylation sites is 1. The molecule has 38 heavy (non-hydrogen) atoms. The van der Waals surface area contributed by atoms with Crippen molar-refractivity contribution < 1.29 is 23.5 Å². The molecule has 0 aliphatic carbocycles. The molecule has 1 saturated heterocycles. The Hall–Kier alpha value is -4.77. The summed E-state index contributed by atoms with van der Waals surface area (Å²) < 4.78 is 18.4. The van der Waals surface area contributed by atoms with E-state index in [4.69, 9.17) is 13.9 Å². The van der Waals surface area contributed by atoms with Crippen LogP contribution in [0.2, 0.25) is 0 Å². The summed E-state index contributed by atoms with van der Waals surface area (Å²) in [6.07, 6.45) is -0.101. The summed E-state index contributed by atoms with van der Waals surface area (Å²) in [5.74, 6) is 1.56. The van der Waals surface area contributed by atoms with Crippen LogP contribution in [0.4, 0.5) is 5.13 Å². The van der Waals surface area contributed by atoms with Crippen molar-refractivity contribution >= 4 is 38.5 Å². The van der Waals surface area contributed by atoms with Crippen molar-refractivity contribution in [2.45, 2.75) is 19.4 Å². The zero-order chi connectivity index (χ0) is 26.1. The Morgan fingerprint density at radius 1 is 1.05 bits per heavy atom. The zero-order valence-electron chi connectivity index (χ0n) is 20.1. The number of benzene rings is 3. The first-order valence-electron chi connectivity index (χ1n) is 11.8. The van der Waals surface area contributed by atoms with Crippen LogP contribution in [0.25, 0.3) is 21.7 Å². The molecule has 1 atom stereocenters. The van der Waals surface area contributed by atoms with E-state index in [0.29, 0.717) is 52.7 Å². The largest absolute Gasteiger partial charge is 0.480 e. The minimum atomic E-state index is -0.637. The molecular weight excluding hydrogens is 506 g/mol. The van der Waals surface area contributed by atoms with Crippen LogP contribution in [0.3, 0.4) is 0 Å². The first-order chi connectivity index (χ1) is 18.5. The fourth-order valence-electron chi connectivity index (χ4n) is 3.99. The molecule has 5 aromatic rings. The highest BCUT2D eigenvalue weighted by atomic mass is 32.1. The van der Waals surface area contributed by atoms with Crippen molar-refractivity contribution in [2.75, 3.05) is 11.9 Å². The van der Waals surface area contributed by atoms with Crippen molar-refractivity contribution in [3.8, 4) is 28.7 Å². The summed E-state index contributed by atoms with van der Waals surface area (Å²) in [6.45, 7) is 2.26. The minimum absolute atomic E-state index is 0.191. The molecule has 0 saturated carbocycles. The second kappa shape index (κ2) is 9.94. The normalized spacial score (nSPS) is 14.9. The first-order valence-corrected chi connectivity index (χ1v) is 12.7. The van der Waals surface area contributed by atoms with E-state index in [9.17, 15) is 9.59 Å². The standard InChI is InChI=1S/C27H21N5O5S/c1-15-31-32-26(35-15)16-6-8-18(9-7-16)36-19-12-17(13-20(14-19)37-22-10-11-28-25(22)34)24(33)30-27-29-21-4-2-3-5-23(21)38-27/h2-9,12-14,22H,10-11H2,1H3,(H,28,34)(H,29,30,33)/t22-/m1/s1. The van der Waals surface area contributed by atoms with Gasteiger partial charge in [-0.2, -0.15) is 0 Å². The van der Waals surface area contributed by atoms with Crippen LogP contribution >= 0.6 is 11.3 Å². The molecule has 0 radical (unpaired) electrons. The van der Waals surface area contributed by atoms with Gasteiger partial charge in [0.25, 0.3) is 11.8 Å². The maximum absolute atomic E-state index is 13.2. The second-order valence-corrected chi connectivity index (χ2v) is 9.60. The molecule has 0 unspecified atom stereocenters. The molecule has 11 heteroatoms. The van der Waals surface area contributed by atoms with E-state index in [2.05, 4.69) is 25.8 Å². The molecule has 1 aliphatic rings. The number of carbonyl (C=O) groups is 2. The molecule has 1 fully saturated rings. The van der Waals surface area contributed by atoms with Crippen molar-refractivity contribution in [2.24, 2.45) is 0 Å². The molecule has 10 nitrogen and oxygen atoms in total. The van der Waals surface area contributed by atoms with Crippen molar-refractivity contribution in [1.29, 1.82) is 0 Å². The van der Waals surface area contributed by atoms with Gasteiger partial charge in [0.15, 0.2) is 11.2 Å². The Bertz CT molecular complexity index is 1610. The number of anilines is 1. The SMILES string of the molecule is Cc1nnc(-c2ccc(Oc3cc(O[C@@H]4CCNC4=O)cc(C(=O)Nc4nc5ccccc5s4)c3)cc2)o1. The topological polar surface area (TPSA) is 128 Å². The van der Waals surface area contributed by atoms with Crippen LogP contribution in [-0.4, -0.2) is 39.6 Å². The van der Waals surface area contributed by atoms with E-state index in [1.165, 1.54) is 11.3 Å². The average molecular weight is 528 g/mol. The summed E-state index contributed by atoms with van der Waals surface area (Å²) in [7, 11) is 0. The molecule has 3 heterocycles. The maximum Gasteiger partial charge on any atom is 0.261 e. The van der Waals surface area contributed by atoms with Crippen LogP contribution in [0.15, 0.2) is 71.1 Å². The lowest BCUT2D eigenvalue weighted by molar-refractivity contribution is -0.124. The number of hydrogen-bond donors (Lipinski definition) is 2. The van der Waals surface area contributed by atoms with E-state index >= 15 is 0 Å². The molecule has 2 aromatic heterocycles. The molecule has 6 rings (SSSR count). The number of aromatic nitrogens is 3. The van der Waals surface area contributed by atoms with Gasteiger partial charge >= 0.3 is 0 Å². The van der Waals surface area contributed by atoms with Crippen molar-refractivity contribution in [1.82, 2.24) is 20.5 Å². The highest BCUT2D eigenvalue weighted by Crippen LogP contribution is 2.31. The molecule has 0 spiro atoms. The third-order valence-electron chi connectivity index (χ3n) is 5.80. The van der Waals surface area contributed by atoms with Gasteiger partial charge in [-0.05, 0) is 48.5 Å². The van der Waals surface area contributed by atoms with Crippen molar-refractivity contribution in [3.05, 3.63) is 78.2 Å². The van der Waals surface area contributed by atoms with Gasteiger partial charge in [0, 0.05) is 37.1 Å². The van der Waals surface area contributed by atoms with Gasteiger partial charge in [0.2, 0.25) is 11.8 Å². The highest BCUT2D eigenvalue weighted by molar-refractivity contribution is 7.22. The van der Waals surface area contributed by atoms with E-state index in [1.807, 2.05) is 24.3 Å². The summed E-state index contributed by atoms with van der Waals surface area (Å²) in [5.41, 5.74) is 1.85. The monoisotopic (exact) mass is 527 g/mol. The molecule has 0 bridgehead atoms. The second-order valence-electron chi connectivity index (χ2n) is 8.57. The van der Waals surface area contributed by atoms with Crippen LogP contribution in [0, 0.1) is 6.92 Å². The molecular formula is C27H21N5O5S. The first kappa shape index (κ1) is 23.6. The Labute approximate surface area is 220 Å². The zero-order valence-corrected chi connectivity index (χ0v) is 21.0. The third kappa shape index (κ3) is 5.04. The van der Waals surface area contributed by atoms with Gasteiger partial charge in [0.1, 0.15) is 17.2 Å². The number of fused-ring (bicyclic) bond motifs is 1. The summed E-state index contributed by atoms with van der Waals surface area (Å²) in [4.78, 5) is 29.7. The van der Waals surface area contributed by atoms with E-state index < -0.39 is 6.10 Å². The third-order valence-corrected chi connectivity index (χ3v) is 6.75. The van der Waals surface area contributed by atoms with Crippen molar-refractivity contribution in [3.63, 3.8) is 0 Å². The van der Waals surface area contributed by atoms with E-state index in [0.717, 1.165) is 15.8 Å². The minimum Gasteiger partial charge on any atom is -0.480 e. The van der Waals surface area contributed by atoms with Gasteiger partial charge in [0.05, 0.1) is 10.2 Å². The van der Waals surface area contributed by atoms with Gasteiger partial charge in [-0.3, -0.25) is 14.9 Å². The Morgan fingerprint density at radius 3 is 2.61 bits per heavy atom. The van der Waals surface area contributed by atoms with Gasteiger partial charge in [-0.15, -0.1) is 10.2 Å². The van der Waals surface area contributed by atoms with Gasteiger partial charge < -0.3 is 19.2 Å². The lowest BCUT2D eigenvalue weighted by atomic mass is 10.1. The summed E-state index contributed by atoms with van der Waals surface area (Å²) >= 11 is 1.38. The fraction of sp³-hybridized carbons (Fsp3) is 0.148. The highest BCUT2D eigenvalue weighted by Gasteiger charge is 2.26.